The number of fused-ring (bicyclic) bond motifs is 1. The first-order valence-corrected chi connectivity index (χ1v) is 12.3. The largest absolute Gasteiger partial charge is 0.444 e. The Balaban J connectivity index is 1.18. The van der Waals surface area contributed by atoms with E-state index in [0.717, 1.165) is 37.4 Å². The van der Waals surface area contributed by atoms with Crippen LogP contribution in [-0.4, -0.2) is 95.5 Å². The molecule has 1 aromatic carbocycles. The third kappa shape index (κ3) is 4.59. The van der Waals surface area contributed by atoms with Crippen LogP contribution in [0.15, 0.2) is 18.2 Å². The molecule has 0 bridgehead atoms. The van der Waals surface area contributed by atoms with E-state index < -0.39 is 17.6 Å². The second-order valence-electron chi connectivity index (χ2n) is 10.8. The third-order valence-electron chi connectivity index (χ3n) is 7.24. The molecule has 3 fully saturated rings. The number of benzene rings is 1. The fourth-order valence-electron chi connectivity index (χ4n) is 5.34. The fourth-order valence-corrected chi connectivity index (χ4v) is 5.34. The number of rotatable bonds is 3. The van der Waals surface area contributed by atoms with Gasteiger partial charge in [0.1, 0.15) is 11.6 Å². The third-order valence-corrected chi connectivity index (χ3v) is 7.24. The smallest absolute Gasteiger partial charge is 0.410 e. The fraction of sp³-hybridized carbons (Fsp3) is 0.600. The van der Waals surface area contributed by atoms with Gasteiger partial charge in [0.05, 0.1) is 0 Å². The Kier molecular flexibility index (Phi) is 5.94. The normalized spacial score (nSPS) is 23.8. The molecule has 1 aromatic rings. The number of amides is 4. The van der Waals surface area contributed by atoms with Gasteiger partial charge in [-0.25, -0.2) is 4.79 Å². The monoisotopic (exact) mass is 483 g/mol. The van der Waals surface area contributed by atoms with Crippen LogP contribution in [0.1, 0.15) is 49.5 Å². The predicted octanol–water partition coefficient (Wildman–Crippen LogP) is 1.19. The van der Waals surface area contributed by atoms with E-state index in [4.69, 9.17) is 4.74 Å². The van der Waals surface area contributed by atoms with Crippen molar-refractivity contribution < 1.29 is 23.9 Å². The molecule has 4 aliphatic rings. The topological polar surface area (TPSA) is 102 Å². The Morgan fingerprint density at radius 1 is 1.06 bits per heavy atom. The molecule has 1 atom stereocenters. The van der Waals surface area contributed by atoms with Gasteiger partial charge in [-0.15, -0.1) is 0 Å². The molecule has 4 heterocycles. The summed E-state index contributed by atoms with van der Waals surface area (Å²) in [6, 6.07) is 5.55. The number of anilines is 1. The van der Waals surface area contributed by atoms with Crippen molar-refractivity contribution in [2.45, 2.75) is 57.8 Å². The molecule has 1 unspecified atom stereocenters. The number of piperidine rings is 1. The van der Waals surface area contributed by atoms with E-state index in [2.05, 4.69) is 15.1 Å². The summed E-state index contributed by atoms with van der Waals surface area (Å²) in [5.41, 5.74) is 2.14. The van der Waals surface area contributed by atoms with Gasteiger partial charge in [-0.1, -0.05) is 6.07 Å². The molecule has 0 radical (unpaired) electrons. The van der Waals surface area contributed by atoms with E-state index in [0.29, 0.717) is 37.7 Å². The standard InChI is InChI=1S/C25H33N5O5/c1-25(2,3)35-24(34)28-11-9-27(10-12-28)16-13-29(14-16)19-6-4-5-17-18(19)15-30(23(17)33)20-7-8-21(31)26-22(20)32/h4-6,16,20H,7-15H2,1-3H3,(H,26,31,32). The van der Waals surface area contributed by atoms with Crippen LogP contribution in [-0.2, 0) is 20.9 Å². The lowest BCUT2D eigenvalue weighted by molar-refractivity contribution is -0.136. The summed E-state index contributed by atoms with van der Waals surface area (Å²) in [5.74, 6) is -0.820. The minimum atomic E-state index is -0.606. The molecule has 0 spiro atoms. The molecule has 0 saturated carbocycles. The van der Waals surface area contributed by atoms with Crippen molar-refractivity contribution in [3.8, 4) is 0 Å². The van der Waals surface area contributed by atoms with Gasteiger partial charge in [-0.05, 0) is 39.3 Å². The lowest BCUT2D eigenvalue weighted by Crippen LogP contribution is -2.63. The van der Waals surface area contributed by atoms with Crippen LogP contribution in [0.5, 0.6) is 0 Å². The van der Waals surface area contributed by atoms with Crippen LogP contribution in [0, 0.1) is 0 Å². The summed E-state index contributed by atoms with van der Waals surface area (Å²) in [5, 5.41) is 2.36. The lowest BCUT2D eigenvalue weighted by atomic mass is 10.0. The number of nitrogens with zero attached hydrogens (tertiary/aromatic N) is 4. The molecule has 0 aromatic heterocycles. The minimum absolute atomic E-state index is 0.147. The molecule has 10 heteroatoms. The van der Waals surface area contributed by atoms with Crippen LogP contribution in [0.4, 0.5) is 10.5 Å². The van der Waals surface area contributed by atoms with Crippen LogP contribution < -0.4 is 10.2 Å². The first-order valence-electron chi connectivity index (χ1n) is 12.3. The second kappa shape index (κ2) is 8.82. The number of imide groups is 1. The SMILES string of the molecule is CC(C)(C)OC(=O)N1CCN(C2CN(c3cccc4c3CN(C3CCC(=O)NC3=O)C4=O)C2)CC1. The van der Waals surface area contributed by atoms with E-state index in [1.165, 1.54) is 0 Å². The van der Waals surface area contributed by atoms with Gasteiger partial charge < -0.3 is 19.4 Å². The van der Waals surface area contributed by atoms with Crippen molar-refractivity contribution in [2.75, 3.05) is 44.2 Å². The van der Waals surface area contributed by atoms with E-state index in [1.807, 2.05) is 39.0 Å². The summed E-state index contributed by atoms with van der Waals surface area (Å²) in [6.07, 6.45) is 0.358. The summed E-state index contributed by atoms with van der Waals surface area (Å²) < 4.78 is 5.49. The molecule has 1 N–H and O–H groups in total. The van der Waals surface area contributed by atoms with Gasteiger partial charge in [0.15, 0.2) is 0 Å². The zero-order valence-corrected chi connectivity index (χ0v) is 20.6. The molecule has 0 aliphatic carbocycles. The Hall–Kier alpha value is -3.14. The Morgan fingerprint density at radius 3 is 2.43 bits per heavy atom. The highest BCUT2D eigenvalue weighted by Crippen LogP contribution is 2.36. The zero-order valence-electron chi connectivity index (χ0n) is 20.6. The molecule has 3 saturated heterocycles. The molecule has 4 aliphatic heterocycles. The quantitative estimate of drug-likeness (QED) is 0.645. The van der Waals surface area contributed by atoms with Gasteiger partial charge in [-0.3, -0.25) is 24.6 Å². The van der Waals surface area contributed by atoms with Gasteiger partial charge >= 0.3 is 6.09 Å². The minimum Gasteiger partial charge on any atom is -0.444 e. The lowest BCUT2D eigenvalue weighted by Gasteiger charge is -2.49. The molecule has 4 amide bonds. The Labute approximate surface area is 205 Å². The van der Waals surface area contributed by atoms with Gasteiger partial charge in [0, 0.05) is 75.1 Å². The van der Waals surface area contributed by atoms with Crippen LogP contribution >= 0.6 is 0 Å². The summed E-state index contributed by atoms with van der Waals surface area (Å²) in [6.45, 7) is 10.7. The van der Waals surface area contributed by atoms with E-state index >= 15 is 0 Å². The highest BCUT2D eigenvalue weighted by molar-refractivity contribution is 6.06. The van der Waals surface area contributed by atoms with Crippen molar-refractivity contribution >= 4 is 29.5 Å². The number of ether oxygens (including phenoxy) is 1. The van der Waals surface area contributed by atoms with E-state index in [-0.39, 0.29) is 24.3 Å². The van der Waals surface area contributed by atoms with Gasteiger partial charge in [0.25, 0.3) is 5.91 Å². The average Bonchev–Trinajstić information content (AvgIpc) is 3.09. The van der Waals surface area contributed by atoms with Crippen LogP contribution in [0.3, 0.4) is 0 Å². The van der Waals surface area contributed by atoms with Crippen molar-refractivity contribution in [2.24, 2.45) is 0 Å². The van der Waals surface area contributed by atoms with Gasteiger partial charge in [0.2, 0.25) is 11.8 Å². The molecular weight excluding hydrogens is 450 g/mol. The zero-order chi connectivity index (χ0) is 24.9. The number of nitrogens with one attached hydrogen (secondary N) is 1. The first-order chi connectivity index (χ1) is 16.6. The summed E-state index contributed by atoms with van der Waals surface area (Å²) in [4.78, 5) is 57.4. The highest BCUT2D eigenvalue weighted by atomic mass is 16.6. The predicted molar refractivity (Wildman–Crippen MR) is 128 cm³/mol. The first kappa shape index (κ1) is 23.6. The average molecular weight is 484 g/mol. The summed E-state index contributed by atoms with van der Waals surface area (Å²) >= 11 is 0. The maximum atomic E-state index is 13.1. The number of hydrogen-bond acceptors (Lipinski definition) is 7. The maximum Gasteiger partial charge on any atom is 0.410 e. The Morgan fingerprint density at radius 2 is 1.77 bits per heavy atom. The van der Waals surface area contributed by atoms with Crippen LogP contribution in [0.25, 0.3) is 0 Å². The maximum absolute atomic E-state index is 13.1. The van der Waals surface area contributed by atoms with Crippen molar-refractivity contribution in [3.63, 3.8) is 0 Å². The van der Waals surface area contributed by atoms with Crippen molar-refractivity contribution in [1.82, 2.24) is 20.0 Å². The summed E-state index contributed by atoms with van der Waals surface area (Å²) in [7, 11) is 0. The van der Waals surface area contributed by atoms with E-state index in [1.54, 1.807) is 9.80 Å². The van der Waals surface area contributed by atoms with E-state index in [9.17, 15) is 19.2 Å². The molecule has 35 heavy (non-hydrogen) atoms. The number of carbonyl (C=O) groups excluding carboxylic acids is 4. The number of piperazine rings is 1. The number of carbonyl (C=O) groups is 4. The number of hydrogen-bond donors (Lipinski definition) is 1. The molecule has 188 valence electrons. The van der Waals surface area contributed by atoms with Crippen molar-refractivity contribution in [1.29, 1.82) is 0 Å². The molecule has 10 nitrogen and oxygen atoms in total. The second-order valence-corrected chi connectivity index (χ2v) is 10.8. The molecule has 5 rings (SSSR count). The highest BCUT2D eigenvalue weighted by Gasteiger charge is 2.42. The van der Waals surface area contributed by atoms with Gasteiger partial charge in [-0.2, -0.15) is 0 Å². The van der Waals surface area contributed by atoms with Crippen LogP contribution in [0.2, 0.25) is 0 Å². The van der Waals surface area contributed by atoms with Crippen molar-refractivity contribution in [3.05, 3.63) is 29.3 Å². The molecular formula is C25H33N5O5. The Bertz CT molecular complexity index is 1050.